The summed E-state index contributed by atoms with van der Waals surface area (Å²) in [6, 6.07) is 0. The van der Waals surface area contributed by atoms with Crippen molar-refractivity contribution in [3.05, 3.63) is 12.7 Å². The summed E-state index contributed by atoms with van der Waals surface area (Å²) in [6.07, 6.45) is 4.00. The van der Waals surface area contributed by atoms with Crippen molar-refractivity contribution in [2.45, 2.75) is 19.8 Å². The fourth-order valence-electron chi connectivity index (χ4n) is 0.631. The highest BCUT2D eigenvalue weighted by molar-refractivity contribution is 4.94. The SMILES string of the molecule is C=CCNCCCC#CC. The molecule has 10 heavy (non-hydrogen) atoms. The van der Waals surface area contributed by atoms with Crippen LogP contribution in [0.4, 0.5) is 0 Å². The van der Waals surface area contributed by atoms with Crippen LogP contribution in [0, 0.1) is 11.8 Å². The molecule has 0 fully saturated rings. The number of hydrogen-bond donors (Lipinski definition) is 1. The molecule has 0 unspecified atom stereocenters. The van der Waals surface area contributed by atoms with E-state index in [0.29, 0.717) is 0 Å². The Labute approximate surface area is 63.5 Å². The molecule has 0 atom stereocenters. The molecule has 1 nitrogen and oxygen atoms in total. The lowest BCUT2D eigenvalue weighted by atomic mass is 10.3. The third kappa shape index (κ3) is 7.26. The summed E-state index contributed by atoms with van der Waals surface area (Å²) in [5.74, 6) is 5.87. The van der Waals surface area contributed by atoms with Gasteiger partial charge in [-0.05, 0) is 19.9 Å². The summed E-state index contributed by atoms with van der Waals surface area (Å²) >= 11 is 0. The highest BCUT2D eigenvalue weighted by atomic mass is 14.8. The summed E-state index contributed by atoms with van der Waals surface area (Å²) in [5.41, 5.74) is 0. The van der Waals surface area contributed by atoms with Crippen molar-refractivity contribution >= 4 is 0 Å². The summed E-state index contributed by atoms with van der Waals surface area (Å²) in [4.78, 5) is 0. The van der Waals surface area contributed by atoms with Crippen molar-refractivity contribution in [2.75, 3.05) is 13.1 Å². The minimum absolute atomic E-state index is 0.902. The molecule has 0 aliphatic rings. The van der Waals surface area contributed by atoms with Gasteiger partial charge in [0.15, 0.2) is 0 Å². The maximum absolute atomic E-state index is 3.60. The van der Waals surface area contributed by atoms with Gasteiger partial charge in [0, 0.05) is 13.0 Å². The maximum Gasteiger partial charge on any atom is 0.0132 e. The molecule has 0 saturated heterocycles. The van der Waals surface area contributed by atoms with Crippen LogP contribution in [0.2, 0.25) is 0 Å². The predicted molar refractivity (Wildman–Crippen MR) is 45.8 cm³/mol. The quantitative estimate of drug-likeness (QED) is 0.344. The van der Waals surface area contributed by atoms with Crippen LogP contribution in [0.3, 0.4) is 0 Å². The second-order valence-electron chi connectivity index (χ2n) is 2.02. The van der Waals surface area contributed by atoms with Gasteiger partial charge in [0.2, 0.25) is 0 Å². The standard InChI is InChI=1S/C9H15N/c1-3-5-6-7-9-10-8-4-2/h4,10H,2,6-9H2,1H3. The van der Waals surface area contributed by atoms with E-state index < -0.39 is 0 Å². The van der Waals surface area contributed by atoms with E-state index in [1.165, 1.54) is 0 Å². The van der Waals surface area contributed by atoms with Crippen molar-refractivity contribution in [2.24, 2.45) is 0 Å². The van der Waals surface area contributed by atoms with Gasteiger partial charge in [-0.3, -0.25) is 0 Å². The van der Waals surface area contributed by atoms with Crippen LogP contribution in [-0.2, 0) is 0 Å². The van der Waals surface area contributed by atoms with Crippen LogP contribution in [0.25, 0.3) is 0 Å². The normalized spacial score (nSPS) is 8.10. The fourth-order valence-corrected chi connectivity index (χ4v) is 0.631. The second-order valence-corrected chi connectivity index (χ2v) is 2.02. The molecular weight excluding hydrogens is 122 g/mol. The van der Waals surface area contributed by atoms with Crippen LogP contribution in [0.15, 0.2) is 12.7 Å². The van der Waals surface area contributed by atoms with Crippen molar-refractivity contribution in [3.8, 4) is 11.8 Å². The van der Waals surface area contributed by atoms with E-state index in [4.69, 9.17) is 0 Å². The largest absolute Gasteiger partial charge is 0.313 e. The third-order valence-corrected chi connectivity index (χ3v) is 1.12. The van der Waals surface area contributed by atoms with Crippen molar-refractivity contribution in [1.29, 1.82) is 0 Å². The number of rotatable bonds is 5. The van der Waals surface area contributed by atoms with Gasteiger partial charge >= 0.3 is 0 Å². The summed E-state index contributed by atoms with van der Waals surface area (Å²) in [6.45, 7) is 7.42. The minimum atomic E-state index is 0.902. The summed E-state index contributed by atoms with van der Waals surface area (Å²) in [5, 5.41) is 3.21. The molecule has 56 valence electrons. The Balaban J connectivity index is 2.88. The first-order valence-electron chi connectivity index (χ1n) is 3.63. The van der Waals surface area contributed by atoms with Crippen molar-refractivity contribution in [1.82, 2.24) is 5.32 Å². The first-order valence-corrected chi connectivity index (χ1v) is 3.63. The monoisotopic (exact) mass is 137 g/mol. The second kappa shape index (κ2) is 8.26. The van der Waals surface area contributed by atoms with Gasteiger partial charge in [-0.2, -0.15) is 0 Å². The Hall–Kier alpha value is -0.740. The van der Waals surface area contributed by atoms with Crippen LogP contribution in [0.1, 0.15) is 19.8 Å². The highest BCUT2D eigenvalue weighted by Gasteiger charge is 1.81. The zero-order valence-corrected chi connectivity index (χ0v) is 6.61. The zero-order chi connectivity index (χ0) is 7.66. The zero-order valence-electron chi connectivity index (χ0n) is 6.61. The molecule has 1 heteroatoms. The molecule has 0 aromatic heterocycles. The Bertz CT molecular complexity index is 127. The molecule has 0 aliphatic heterocycles. The van der Waals surface area contributed by atoms with Gasteiger partial charge in [-0.25, -0.2) is 0 Å². The van der Waals surface area contributed by atoms with Crippen molar-refractivity contribution in [3.63, 3.8) is 0 Å². The van der Waals surface area contributed by atoms with Gasteiger partial charge in [0.05, 0.1) is 0 Å². The Kier molecular flexibility index (Phi) is 7.65. The van der Waals surface area contributed by atoms with Crippen LogP contribution < -0.4 is 5.32 Å². The van der Waals surface area contributed by atoms with E-state index in [1.54, 1.807) is 0 Å². The van der Waals surface area contributed by atoms with Crippen LogP contribution >= 0.6 is 0 Å². The molecule has 0 rings (SSSR count). The minimum Gasteiger partial charge on any atom is -0.313 e. The number of hydrogen-bond acceptors (Lipinski definition) is 1. The third-order valence-electron chi connectivity index (χ3n) is 1.12. The van der Waals surface area contributed by atoms with E-state index in [-0.39, 0.29) is 0 Å². The lowest BCUT2D eigenvalue weighted by molar-refractivity contribution is 0.706. The molecule has 0 saturated carbocycles. The summed E-state index contributed by atoms with van der Waals surface area (Å²) < 4.78 is 0. The molecule has 0 aromatic rings. The van der Waals surface area contributed by atoms with Gasteiger partial charge < -0.3 is 5.32 Å². The van der Waals surface area contributed by atoms with E-state index in [0.717, 1.165) is 25.9 Å². The van der Waals surface area contributed by atoms with E-state index in [2.05, 4.69) is 23.7 Å². The predicted octanol–water partition coefficient (Wildman–Crippen LogP) is 1.57. The number of unbranched alkanes of at least 4 members (excludes halogenated alkanes) is 1. The highest BCUT2D eigenvalue weighted by Crippen LogP contribution is 1.82. The average molecular weight is 137 g/mol. The molecule has 0 spiro atoms. The lowest BCUT2D eigenvalue weighted by Crippen LogP contribution is -2.14. The Morgan fingerprint density at radius 3 is 3.00 bits per heavy atom. The van der Waals surface area contributed by atoms with E-state index >= 15 is 0 Å². The van der Waals surface area contributed by atoms with E-state index in [9.17, 15) is 0 Å². The van der Waals surface area contributed by atoms with Crippen LogP contribution in [-0.4, -0.2) is 13.1 Å². The van der Waals surface area contributed by atoms with E-state index in [1.807, 2.05) is 13.0 Å². The van der Waals surface area contributed by atoms with Crippen LogP contribution in [0.5, 0.6) is 0 Å². The summed E-state index contributed by atoms with van der Waals surface area (Å²) in [7, 11) is 0. The van der Waals surface area contributed by atoms with Gasteiger partial charge in [0.1, 0.15) is 0 Å². The first-order chi connectivity index (χ1) is 4.91. The number of nitrogens with one attached hydrogen (secondary N) is 1. The molecule has 1 N–H and O–H groups in total. The smallest absolute Gasteiger partial charge is 0.0132 e. The first kappa shape index (κ1) is 9.26. The molecule has 0 aliphatic carbocycles. The molecule has 0 radical (unpaired) electrons. The fraction of sp³-hybridized carbons (Fsp3) is 0.556. The van der Waals surface area contributed by atoms with Crippen molar-refractivity contribution < 1.29 is 0 Å². The molecular formula is C9H15N. The van der Waals surface area contributed by atoms with Gasteiger partial charge in [0.25, 0.3) is 0 Å². The maximum atomic E-state index is 3.60. The molecule has 0 amide bonds. The molecule has 0 aromatic carbocycles. The van der Waals surface area contributed by atoms with Gasteiger partial charge in [-0.1, -0.05) is 6.08 Å². The Morgan fingerprint density at radius 1 is 1.60 bits per heavy atom. The van der Waals surface area contributed by atoms with Gasteiger partial charge in [-0.15, -0.1) is 18.4 Å². The topological polar surface area (TPSA) is 12.0 Å². The lowest BCUT2D eigenvalue weighted by Gasteiger charge is -1.96. The molecule has 0 bridgehead atoms. The molecule has 0 heterocycles. The Morgan fingerprint density at radius 2 is 2.40 bits per heavy atom. The average Bonchev–Trinajstić information content (AvgIpc) is 1.97.